The van der Waals surface area contributed by atoms with E-state index < -0.39 is 12.7 Å². The van der Waals surface area contributed by atoms with E-state index in [2.05, 4.69) is 15.1 Å². The molecule has 0 aliphatic rings. The number of hydrogen-bond donors (Lipinski definition) is 1. The number of rotatable bonds is 4. The molecule has 0 unspecified atom stereocenters. The summed E-state index contributed by atoms with van der Waals surface area (Å²) in [6.45, 7) is -1.23. The molecule has 0 atom stereocenters. The molecule has 2 heterocycles. The van der Waals surface area contributed by atoms with E-state index in [0.717, 1.165) is 4.68 Å². The molecule has 148 valence electrons. The highest BCUT2D eigenvalue weighted by Gasteiger charge is 2.29. The van der Waals surface area contributed by atoms with Gasteiger partial charge in [0.1, 0.15) is 18.6 Å². The summed E-state index contributed by atoms with van der Waals surface area (Å²) in [5.41, 5.74) is 2.24. The van der Waals surface area contributed by atoms with Crippen LogP contribution in [0.3, 0.4) is 0 Å². The van der Waals surface area contributed by atoms with Gasteiger partial charge in [-0.2, -0.15) is 18.3 Å². The number of nitrogens with zero attached hydrogens (tertiary/aromatic N) is 4. The quantitative estimate of drug-likeness (QED) is 0.548. The van der Waals surface area contributed by atoms with Crippen molar-refractivity contribution in [1.29, 1.82) is 0 Å². The molecule has 0 saturated heterocycles. The Morgan fingerprint density at radius 3 is 2.52 bits per heavy atom. The van der Waals surface area contributed by atoms with Gasteiger partial charge in [-0.1, -0.05) is 30.3 Å². The van der Waals surface area contributed by atoms with Crippen molar-refractivity contribution in [3.05, 3.63) is 55.0 Å². The largest absolute Gasteiger partial charge is 0.504 e. The molecule has 0 amide bonds. The molecule has 0 bridgehead atoms. The third-order valence-electron chi connectivity index (χ3n) is 4.34. The molecule has 0 spiro atoms. The molecule has 1 N–H and O–H groups in total. The molecule has 2 aromatic carbocycles. The summed E-state index contributed by atoms with van der Waals surface area (Å²) >= 11 is 0. The van der Waals surface area contributed by atoms with E-state index in [-0.39, 0.29) is 11.5 Å². The number of halogens is 3. The standard InChI is InChI=1S/C20H15F3N4O2/c1-29-17-8-15-13(7-16(17)28)19(25-11-24-15)14-9-27(10-20(21,22)23)26-18(14)12-5-3-2-4-6-12/h2-9,11,28H,10H2,1H3. The van der Waals surface area contributed by atoms with Crippen LogP contribution in [0.1, 0.15) is 0 Å². The fraction of sp³-hybridized carbons (Fsp3) is 0.150. The summed E-state index contributed by atoms with van der Waals surface area (Å²) in [4.78, 5) is 8.45. The Kier molecular flexibility index (Phi) is 4.57. The minimum Gasteiger partial charge on any atom is -0.504 e. The molecule has 29 heavy (non-hydrogen) atoms. The van der Waals surface area contributed by atoms with E-state index in [1.807, 2.05) is 0 Å². The van der Waals surface area contributed by atoms with Crippen LogP contribution >= 0.6 is 0 Å². The Morgan fingerprint density at radius 2 is 1.83 bits per heavy atom. The first-order chi connectivity index (χ1) is 13.9. The van der Waals surface area contributed by atoms with Gasteiger partial charge in [0.2, 0.25) is 0 Å². The smallest absolute Gasteiger partial charge is 0.408 e. The average Bonchev–Trinajstić information content (AvgIpc) is 3.09. The number of aromatic nitrogens is 4. The van der Waals surface area contributed by atoms with Crippen LogP contribution in [-0.2, 0) is 6.54 Å². The van der Waals surface area contributed by atoms with Gasteiger partial charge in [-0.25, -0.2) is 9.97 Å². The van der Waals surface area contributed by atoms with Gasteiger partial charge in [-0.3, -0.25) is 4.68 Å². The topological polar surface area (TPSA) is 73.1 Å². The van der Waals surface area contributed by atoms with Crippen LogP contribution in [0.2, 0.25) is 0 Å². The number of phenols is 1. The first-order valence-corrected chi connectivity index (χ1v) is 8.57. The zero-order chi connectivity index (χ0) is 20.6. The number of fused-ring (bicyclic) bond motifs is 1. The highest BCUT2D eigenvalue weighted by atomic mass is 19.4. The predicted octanol–water partition coefficient (Wildman–Crippen LogP) is 4.44. The van der Waals surface area contributed by atoms with E-state index in [9.17, 15) is 18.3 Å². The number of aromatic hydroxyl groups is 1. The lowest BCUT2D eigenvalue weighted by Gasteiger charge is -2.09. The molecule has 2 aromatic heterocycles. The lowest BCUT2D eigenvalue weighted by Crippen LogP contribution is -2.17. The van der Waals surface area contributed by atoms with Crippen LogP contribution < -0.4 is 4.74 Å². The van der Waals surface area contributed by atoms with Gasteiger partial charge in [-0.05, 0) is 6.07 Å². The van der Waals surface area contributed by atoms with Crippen molar-refractivity contribution in [2.24, 2.45) is 0 Å². The van der Waals surface area contributed by atoms with Gasteiger partial charge in [0, 0.05) is 28.8 Å². The van der Waals surface area contributed by atoms with E-state index in [0.29, 0.717) is 33.4 Å². The maximum atomic E-state index is 12.9. The third-order valence-corrected chi connectivity index (χ3v) is 4.34. The fourth-order valence-corrected chi connectivity index (χ4v) is 3.12. The molecular formula is C20H15F3N4O2. The number of methoxy groups -OCH3 is 1. The molecule has 0 saturated carbocycles. The lowest BCUT2D eigenvalue weighted by molar-refractivity contribution is -0.142. The van der Waals surface area contributed by atoms with Crippen LogP contribution in [0, 0.1) is 0 Å². The Morgan fingerprint density at radius 1 is 1.07 bits per heavy atom. The molecule has 4 aromatic rings. The van der Waals surface area contributed by atoms with Crippen LogP contribution in [-0.4, -0.2) is 38.1 Å². The van der Waals surface area contributed by atoms with Crippen molar-refractivity contribution < 1.29 is 23.0 Å². The van der Waals surface area contributed by atoms with Crippen molar-refractivity contribution in [2.75, 3.05) is 7.11 Å². The molecular weight excluding hydrogens is 385 g/mol. The third kappa shape index (κ3) is 3.71. The first kappa shape index (κ1) is 18.7. The normalized spacial score (nSPS) is 11.7. The Bertz CT molecular complexity index is 1170. The minimum atomic E-state index is -4.42. The molecule has 9 heteroatoms. The predicted molar refractivity (Wildman–Crippen MR) is 100 cm³/mol. The van der Waals surface area contributed by atoms with Crippen molar-refractivity contribution in [3.8, 4) is 34.0 Å². The molecule has 4 rings (SSSR count). The van der Waals surface area contributed by atoms with E-state index in [1.165, 1.54) is 31.8 Å². The number of phenolic OH excluding ortho intramolecular Hbond substituents is 1. The van der Waals surface area contributed by atoms with Crippen molar-refractivity contribution in [1.82, 2.24) is 19.7 Å². The monoisotopic (exact) mass is 400 g/mol. The lowest BCUT2D eigenvalue weighted by atomic mass is 10.0. The van der Waals surface area contributed by atoms with Crippen LogP contribution in [0.5, 0.6) is 11.5 Å². The summed E-state index contributed by atoms with van der Waals surface area (Å²) in [6.07, 6.45) is -1.81. The fourth-order valence-electron chi connectivity index (χ4n) is 3.12. The number of ether oxygens (including phenoxy) is 1. The molecule has 6 nitrogen and oxygen atoms in total. The summed E-state index contributed by atoms with van der Waals surface area (Å²) in [5, 5.41) is 14.8. The average molecular weight is 400 g/mol. The summed E-state index contributed by atoms with van der Waals surface area (Å²) < 4.78 is 44.8. The molecule has 0 fully saturated rings. The van der Waals surface area contributed by atoms with Crippen LogP contribution in [0.4, 0.5) is 13.2 Å². The van der Waals surface area contributed by atoms with Gasteiger partial charge in [-0.15, -0.1) is 0 Å². The van der Waals surface area contributed by atoms with Gasteiger partial charge in [0.15, 0.2) is 11.5 Å². The number of benzene rings is 2. The summed E-state index contributed by atoms with van der Waals surface area (Å²) in [6, 6.07) is 11.8. The van der Waals surface area contributed by atoms with Crippen molar-refractivity contribution in [3.63, 3.8) is 0 Å². The minimum absolute atomic E-state index is 0.125. The second kappa shape index (κ2) is 7.08. The highest BCUT2D eigenvalue weighted by molar-refractivity contribution is 5.97. The zero-order valence-electron chi connectivity index (χ0n) is 15.2. The zero-order valence-corrected chi connectivity index (χ0v) is 15.2. The Hall–Kier alpha value is -3.62. The summed E-state index contributed by atoms with van der Waals surface area (Å²) in [7, 11) is 1.41. The van der Waals surface area contributed by atoms with Gasteiger partial charge >= 0.3 is 6.18 Å². The molecule has 0 aliphatic heterocycles. The van der Waals surface area contributed by atoms with Gasteiger partial charge in [0.25, 0.3) is 0 Å². The van der Waals surface area contributed by atoms with E-state index in [1.54, 1.807) is 30.3 Å². The number of hydrogen-bond acceptors (Lipinski definition) is 5. The van der Waals surface area contributed by atoms with E-state index in [4.69, 9.17) is 4.74 Å². The van der Waals surface area contributed by atoms with Crippen molar-refractivity contribution >= 4 is 10.9 Å². The van der Waals surface area contributed by atoms with Gasteiger partial charge in [0.05, 0.1) is 18.3 Å². The first-order valence-electron chi connectivity index (χ1n) is 8.57. The van der Waals surface area contributed by atoms with Crippen LogP contribution in [0.25, 0.3) is 33.4 Å². The second-order valence-electron chi connectivity index (χ2n) is 6.33. The van der Waals surface area contributed by atoms with Crippen LogP contribution in [0.15, 0.2) is 55.0 Å². The van der Waals surface area contributed by atoms with Gasteiger partial charge < -0.3 is 9.84 Å². The Labute approximate surface area is 163 Å². The second-order valence-corrected chi connectivity index (χ2v) is 6.33. The molecule has 0 aliphatic carbocycles. The molecule has 0 radical (unpaired) electrons. The van der Waals surface area contributed by atoms with Crippen molar-refractivity contribution in [2.45, 2.75) is 12.7 Å². The highest BCUT2D eigenvalue weighted by Crippen LogP contribution is 2.38. The SMILES string of the molecule is COc1cc2ncnc(-c3cn(CC(F)(F)F)nc3-c3ccccc3)c2cc1O. The van der Waals surface area contributed by atoms with E-state index >= 15 is 0 Å². The number of alkyl halides is 3. The summed E-state index contributed by atoms with van der Waals surface area (Å²) in [5.74, 6) is 0.109. The maximum Gasteiger partial charge on any atom is 0.408 e. The Balaban J connectivity index is 1.95. The maximum absolute atomic E-state index is 12.9.